The largest absolute Gasteiger partial charge is 0.306 e. The van der Waals surface area contributed by atoms with Gasteiger partial charge in [-0.05, 0) is 25.8 Å². The second-order valence-corrected chi connectivity index (χ2v) is 3.19. The maximum Gasteiger partial charge on any atom is 0.0576 e. The van der Waals surface area contributed by atoms with Crippen LogP contribution in [0.3, 0.4) is 0 Å². The molecule has 1 N–H and O–H groups in total. The molecule has 1 saturated carbocycles. The van der Waals surface area contributed by atoms with Crippen molar-refractivity contribution in [1.82, 2.24) is 5.32 Å². The lowest BCUT2D eigenvalue weighted by atomic mass is 9.83. The van der Waals surface area contributed by atoms with E-state index in [1.807, 2.05) is 6.92 Å². The van der Waals surface area contributed by atoms with Gasteiger partial charge in [-0.2, -0.15) is 0 Å². The predicted molar refractivity (Wildman–Crippen MR) is 48.3 cm³/mol. The lowest BCUT2D eigenvalue weighted by Crippen LogP contribution is -2.21. The van der Waals surface area contributed by atoms with Crippen molar-refractivity contribution in [3.8, 4) is 11.8 Å². The molecular weight excluding hydrogens is 134 g/mol. The fraction of sp³-hybridized carbons (Fsp3) is 0.800. The summed E-state index contributed by atoms with van der Waals surface area (Å²) in [5, 5.41) is 3.31. The number of nitrogens with one attached hydrogen (secondary N) is 1. The van der Waals surface area contributed by atoms with Crippen molar-refractivity contribution in [2.24, 2.45) is 5.92 Å². The molecule has 0 aromatic heterocycles. The zero-order valence-corrected chi connectivity index (χ0v) is 7.32. The first kappa shape index (κ1) is 8.62. The van der Waals surface area contributed by atoms with Gasteiger partial charge >= 0.3 is 0 Å². The van der Waals surface area contributed by atoms with Crippen molar-refractivity contribution in [2.75, 3.05) is 13.1 Å². The van der Waals surface area contributed by atoms with Crippen LogP contribution in [0.25, 0.3) is 0 Å². The quantitative estimate of drug-likeness (QED) is 0.477. The predicted octanol–water partition coefficient (Wildman–Crippen LogP) is 1.79. The van der Waals surface area contributed by atoms with E-state index in [4.69, 9.17) is 0 Å². The smallest absolute Gasteiger partial charge is 0.0576 e. The highest BCUT2D eigenvalue weighted by Gasteiger charge is 2.15. The van der Waals surface area contributed by atoms with E-state index >= 15 is 0 Å². The minimum absolute atomic E-state index is 0.864. The van der Waals surface area contributed by atoms with Crippen LogP contribution in [-0.4, -0.2) is 13.1 Å². The molecule has 1 rings (SSSR count). The van der Waals surface area contributed by atoms with Gasteiger partial charge in [-0.25, -0.2) is 0 Å². The molecule has 1 aliphatic rings. The van der Waals surface area contributed by atoms with E-state index in [2.05, 4.69) is 17.2 Å². The highest BCUT2D eigenvalue weighted by atomic mass is 14.8. The van der Waals surface area contributed by atoms with Crippen LogP contribution in [0, 0.1) is 17.8 Å². The molecule has 1 fully saturated rings. The molecule has 0 aliphatic heterocycles. The average Bonchev–Trinajstić information content (AvgIpc) is 1.93. The number of hydrogen-bond donors (Lipinski definition) is 1. The van der Waals surface area contributed by atoms with Gasteiger partial charge in [0.2, 0.25) is 0 Å². The average molecular weight is 151 g/mol. The molecule has 0 unspecified atom stereocenters. The summed E-state index contributed by atoms with van der Waals surface area (Å²) in [4.78, 5) is 0. The van der Waals surface area contributed by atoms with Crippen molar-refractivity contribution in [3.63, 3.8) is 0 Å². The molecule has 1 heteroatoms. The van der Waals surface area contributed by atoms with Crippen molar-refractivity contribution in [2.45, 2.75) is 32.6 Å². The van der Waals surface area contributed by atoms with E-state index in [-0.39, 0.29) is 0 Å². The van der Waals surface area contributed by atoms with Crippen molar-refractivity contribution < 1.29 is 0 Å². The lowest BCUT2D eigenvalue weighted by Gasteiger charge is -2.24. The summed E-state index contributed by atoms with van der Waals surface area (Å²) in [6.45, 7) is 3.90. The molecule has 0 heterocycles. The minimum Gasteiger partial charge on any atom is -0.306 e. The zero-order valence-electron chi connectivity index (χ0n) is 7.32. The third kappa shape index (κ3) is 3.43. The molecule has 0 spiro atoms. The molecule has 11 heavy (non-hydrogen) atoms. The van der Waals surface area contributed by atoms with E-state index in [1.54, 1.807) is 0 Å². The Hall–Kier alpha value is -0.480. The first-order chi connectivity index (χ1) is 5.43. The molecule has 0 aromatic carbocycles. The van der Waals surface area contributed by atoms with E-state index in [9.17, 15) is 0 Å². The molecule has 0 amide bonds. The van der Waals surface area contributed by atoms with Gasteiger partial charge < -0.3 is 5.32 Å². The summed E-state index contributed by atoms with van der Waals surface area (Å²) in [7, 11) is 0. The third-order valence-electron chi connectivity index (χ3n) is 2.34. The lowest BCUT2D eigenvalue weighted by molar-refractivity contribution is 0.294. The monoisotopic (exact) mass is 151 g/mol. The van der Waals surface area contributed by atoms with Crippen molar-refractivity contribution in [3.05, 3.63) is 0 Å². The van der Waals surface area contributed by atoms with Crippen LogP contribution in [0.4, 0.5) is 0 Å². The van der Waals surface area contributed by atoms with Crippen LogP contribution in [0.1, 0.15) is 32.6 Å². The molecule has 1 nitrogen and oxygen atoms in total. The second-order valence-electron chi connectivity index (χ2n) is 3.19. The summed E-state index contributed by atoms with van der Waals surface area (Å²) in [5.74, 6) is 6.89. The Morgan fingerprint density at radius 2 is 2.27 bits per heavy atom. The fourth-order valence-corrected chi connectivity index (χ4v) is 1.33. The van der Waals surface area contributed by atoms with Gasteiger partial charge in [0, 0.05) is 0 Å². The van der Waals surface area contributed by atoms with Gasteiger partial charge in [0.25, 0.3) is 0 Å². The van der Waals surface area contributed by atoms with Crippen LogP contribution in [-0.2, 0) is 0 Å². The first-order valence-corrected chi connectivity index (χ1v) is 4.54. The Kier molecular flexibility index (Phi) is 4.08. The summed E-state index contributed by atoms with van der Waals surface area (Å²) < 4.78 is 0. The summed E-state index contributed by atoms with van der Waals surface area (Å²) in [5.41, 5.74) is 0. The Bertz CT molecular complexity index is 148. The molecule has 0 aromatic rings. The van der Waals surface area contributed by atoms with Crippen LogP contribution >= 0.6 is 0 Å². The maximum atomic E-state index is 3.31. The Morgan fingerprint density at radius 3 is 2.82 bits per heavy atom. The van der Waals surface area contributed by atoms with Crippen molar-refractivity contribution in [1.29, 1.82) is 0 Å². The maximum absolute atomic E-state index is 3.31. The highest BCUT2D eigenvalue weighted by molar-refractivity contribution is 4.96. The molecule has 62 valence electrons. The normalized spacial score (nSPS) is 16.8. The molecule has 0 bridgehead atoms. The van der Waals surface area contributed by atoms with Crippen molar-refractivity contribution >= 4 is 0 Å². The van der Waals surface area contributed by atoms with Gasteiger partial charge in [-0.3, -0.25) is 0 Å². The van der Waals surface area contributed by atoms with E-state index < -0.39 is 0 Å². The highest BCUT2D eigenvalue weighted by Crippen LogP contribution is 2.28. The third-order valence-corrected chi connectivity index (χ3v) is 2.34. The zero-order chi connectivity index (χ0) is 7.94. The Balaban J connectivity index is 1.82. The molecule has 0 saturated heterocycles. The van der Waals surface area contributed by atoms with Gasteiger partial charge in [0.15, 0.2) is 0 Å². The fourth-order valence-electron chi connectivity index (χ4n) is 1.33. The first-order valence-electron chi connectivity index (χ1n) is 4.54. The summed E-state index contributed by atoms with van der Waals surface area (Å²) >= 11 is 0. The molecule has 0 radical (unpaired) electrons. The van der Waals surface area contributed by atoms with Gasteiger partial charge in [0.1, 0.15) is 0 Å². The SMILES string of the molecule is CC#CCNCCC1CCC1. The Labute approximate surface area is 69.6 Å². The summed E-state index contributed by atoms with van der Waals surface area (Å²) in [6.07, 6.45) is 5.73. The van der Waals surface area contributed by atoms with Gasteiger partial charge in [-0.15, -0.1) is 5.92 Å². The number of hydrogen-bond acceptors (Lipinski definition) is 1. The Morgan fingerprint density at radius 1 is 1.45 bits per heavy atom. The van der Waals surface area contributed by atoms with Gasteiger partial charge in [0.05, 0.1) is 6.54 Å². The number of rotatable bonds is 4. The minimum atomic E-state index is 0.864. The van der Waals surface area contributed by atoms with E-state index in [1.165, 1.54) is 25.7 Å². The second kappa shape index (κ2) is 5.21. The molecule has 1 aliphatic carbocycles. The van der Waals surface area contributed by atoms with Crippen LogP contribution < -0.4 is 5.32 Å². The van der Waals surface area contributed by atoms with Crippen LogP contribution in [0.2, 0.25) is 0 Å². The topological polar surface area (TPSA) is 12.0 Å². The summed E-state index contributed by atoms with van der Waals surface area (Å²) in [6, 6.07) is 0. The molecular formula is C10H17N. The van der Waals surface area contributed by atoms with Gasteiger partial charge in [-0.1, -0.05) is 25.2 Å². The molecule has 0 atom stereocenters. The van der Waals surface area contributed by atoms with Crippen LogP contribution in [0.5, 0.6) is 0 Å². The standard InChI is InChI=1S/C10H17N/c1-2-3-8-11-9-7-10-5-4-6-10/h10-11H,4-9H2,1H3. The van der Waals surface area contributed by atoms with E-state index in [0.717, 1.165) is 19.0 Å². The van der Waals surface area contributed by atoms with Crippen LogP contribution in [0.15, 0.2) is 0 Å². The van der Waals surface area contributed by atoms with E-state index in [0.29, 0.717) is 0 Å².